The van der Waals surface area contributed by atoms with Gasteiger partial charge in [0.15, 0.2) is 5.96 Å². The molecule has 0 bridgehead atoms. The number of aliphatic imine (C=N–C) groups is 1. The van der Waals surface area contributed by atoms with E-state index in [4.69, 9.17) is 0 Å². The van der Waals surface area contributed by atoms with Gasteiger partial charge in [0, 0.05) is 38.8 Å². The summed E-state index contributed by atoms with van der Waals surface area (Å²) in [6.45, 7) is 8.41. The van der Waals surface area contributed by atoms with Gasteiger partial charge in [-0.25, -0.2) is 4.98 Å². The van der Waals surface area contributed by atoms with Crippen LogP contribution in [0.2, 0.25) is 0 Å². The predicted octanol–water partition coefficient (Wildman–Crippen LogP) is 0.934. The molecule has 0 aromatic carbocycles. The van der Waals surface area contributed by atoms with Crippen LogP contribution in [0.25, 0.3) is 0 Å². The zero-order valence-corrected chi connectivity index (χ0v) is 16.0. The molecule has 1 saturated heterocycles. The van der Waals surface area contributed by atoms with Crippen molar-refractivity contribution in [1.29, 1.82) is 0 Å². The van der Waals surface area contributed by atoms with Crippen molar-refractivity contribution in [3.8, 4) is 0 Å². The van der Waals surface area contributed by atoms with Crippen LogP contribution < -0.4 is 10.6 Å². The molecular weight excluding hydrogens is 393 g/mol. The molecule has 0 unspecified atom stereocenters. The van der Waals surface area contributed by atoms with Gasteiger partial charge >= 0.3 is 0 Å². The number of nitrogens with zero attached hydrogens (tertiary/aromatic N) is 5. The average molecular weight is 421 g/mol. The van der Waals surface area contributed by atoms with Crippen molar-refractivity contribution < 1.29 is 0 Å². The van der Waals surface area contributed by atoms with Crippen LogP contribution in [0.1, 0.15) is 26.7 Å². The number of likely N-dealkylation sites (tertiary alicyclic amines) is 1. The van der Waals surface area contributed by atoms with Gasteiger partial charge in [-0.2, -0.15) is 5.10 Å². The summed E-state index contributed by atoms with van der Waals surface area (Å²) in [5.74, 6) is 0.873. The van der Waals surface area contributed by atoms with E-state index in [-0.39, 0.29) is 24.0 Å². The van der Waals surface area contributed by atoms with Crippen molar-refractivity contribution in [3.05, 3.63) is 12.7 Å². The highest BCUT2D eigenvalue weighted by atomic mass is 127. The predicted molar refractivity (Wildman–Crippen MR) is 99.7 cm³/mol. The fourth-order valence-corrected chi connectivity index (χ4v) is 2.59. The monoisotopic (exact) mass is 421 g/mol. The highest BCUT2D eigenvalue weighted by Gasteiger charge is 2.21. The molecule has 0 amide bonds. The van der Waals surface area contributed by atoms with E-state index in [0.717, 1.165) is 32.1 Å². The van der Waals surface area contributed by atoms with Crippen molar-refractivity contribution in [2.45, 2.75) is 45.3 Å². The number of nitrogens with one attached hydrogen (secondary N) is 2. The minimum absolute atomic E-state index is 0. The molecule has 0 aliphatic carbocycles. The number of hydrogen-bond donors (Lipinski definition) is 2. The number of aromatic nitrogens is 3. The fraction of sp³-hybridized carbons (Fsp3) is 0.786. The lowest BCUT2D eigenvalue weighted by molar-refractivity contribution is 0.167. The first-order valence-electron chi connectivity index (χ1n) is 7.72. The quantitative estimate of drug-likeness (QED) is 0.421. The van der Waals surface area contributed by atoms with Gasteiger partial charge in [-0.15, -0.1) is 24.0 Å². The Morgan fingerprint density at radius 2 is 2.09 bits per heavy atom. The van der Waals surface area contributed by atoms with E-state index in [2.05, 4.69) is 44.5 Å². The Morgan fingerprint density at radius 3 is 2.64 bits per heavy atom. The Kier molecular flexibility index (Phi) is 8.69. The van der Waals surface area contributed by atoms with E-state index in [1.54, 1.807) is 17.3 Å². The SMILES string of the molecule is CN=C(NCCn1cncn1)NC1CCN(C(C)C)CC1.I. The molecule has 1 fully saturated rings. The van der Waals surface area contributed by atoms with Gasteiger partial charge in [0.1, 0.15) is 12.7 Å². The fourth-order valence-electron chi connectivity index (χ4n) is 2.59. The summed E-state index contributed by atoms with van der Waals surface area (Å²) in [6.07, 6.45) is 5.61. The summed E-state index contributed by atoms with van der Waals surface area (Å²) in [5, 5.41) is 10.9. The second kappa shape index (κ2) is 9.98. The Morgan fingerprint density at radius 1 is 1.36 bits per heavy atom. The second-order valence-electron chi connectivity index (χ2n) is 5.71. The number of rotatable bonds is 5. The third-order valence-corrected chi connectivity index (χ3v) is 3.92. The van der Waals surface area contributed by atoms with E-state index < -0.39 is 0 Å². The van der Waals surface area contributed by atoms with Crippen molar-refractivity contribution in [2.75, 3.05) is 26.7 Å². The molecule has 0 radical (unpaired) electrons. The van der Waals surface area contributed by atoms with Crippen LogP contribution in [0.3, 0.4) is 0 Å². The van der Waals surface area contributed by atoms with E-state index in [0.29, 0.717) is 12.1 Å². The van der Waals surface area contributed by atoms with Gasteiger partial charge in [0.05, 0.1) is 6.54 Å². The lowest BCUT2D eigenvalue weighted by atomic mass is 10.0. The van der Waals surface area contributed by atoms with Crippen LogP contribution in [0, 0.1) is 0 Å². The molecule has 0 atom stereocenters. The summed E-state index contributed by atoms with van der Waals surface area (Å²) in [6, 6.07) is 1.16. The third kappa shape index (κ3) is 6.07. The Balaban J connectivity index is 0.00000242. The summed E-state index contributed by atoms with van der Waals surface area (Å²) in [4.78, 5) is 10.7. The molecule has 1 aromatic heterocycles. The smallest absolute Gasteiger partial charge is 0.191 e. The molecule has 2 rings (SSSR count). The standard InChI is InChI=1S/C14H27N7.HI/c1-12(2)20-7-4-13(5-8-20)19-14(15-3)17-6-9-21-11-16-10-18-21;/h10-13H,4-9H2,1-3H3,(H2,15,17,19);1H. The van der Waals surface area contributed by atoms with Gasteiger partial charge in [-0.3, -0.25) is 9.67 Å². The van der Waals surface area contributed by atoms with Gasteiger partial charge in [0.2, 0.25) is 0 Å². The van der Waals surface area contributed by atoms with Crippen LogP contribution in [-0.2, 0) is 6.54 Å². The molecular formula is C14H28IN7. The number of piperidine rings is 1. The Hall–Kier alpha value is -0.900. The molecule has 8 heteroatoms. The average Bonchev–Trinajstić information content (AvgIpc) is 3.00. The summed E-state index contributed by atoms with van der Waals surface area (Å²) in [7, 11) is 1.81. The molecule has 7 nitrogen and oxygen atoms in total. The molecule has 22 heavy (non-hydrogen) atoms. The van der Waals surface area contributed by atoms with E-state index in [1.807, 2.05) is 7.05 Å². The number of hydrogen-bond acceptors (Lipinski definition) is 4. The first-order chi connectivity index (χ1) is 10.2. The maximum absolute atomic E-state index is 4.29. The van der Waals surface area contributed by atoms with Gasteiger partial charge in [0.25, 0.3) is 0 Å². The third-order valence-electron chi connectivity index (χ3n) is 3.92. The van der Waals surface area contributed by atoms with Crippen LogP contribution in [0.4, 0.5) is 0 Å². The lowest BCUT2D eigenvalue weighted by Gasteiger charge is -2.35. The van der Waals surface area contributed by atoms with Crippen molar-refractivity contribution in [1.82, 2.24) is 30.3 Å². The Labute approximate surface area is 150 Å². The van der Waals surface area contributed by atoms with Gasteiger partial charge < -0.3 is 15.5 Å². The largest absolute Gasteiger partial charge is 0.355 e. The minimum atomic E-state index is 0. The van der Waals surface area contributed by atoms with Crippen molar-refractivity contribution in [3.63, 3.8) is 0 Å². The van der Waals surface area contributed by atoms with E-state index >= 15 is 0 Å². The van der Waals surface area contributed by atoms with Crippen LogP contribution in [-0.4, -0.2) is 64.4 Å². The topological polar surface area (TPSA) is 70.4 Å². The molecule has 0 spiro atoms. The normalized spacial score (nSPS) is 17.4. The zero-order chi connectivity index (χ0) is 15.1. The lowest BCUT2D eigenvalue weighted by Crippen LogP contribution is -2.50. The first kappa shape index (κ1) is 19.1. The van der Waals surface area contributed by atoms with Crippen molar-refractivity contribution in [2.24, 2.45) is 4.99 Å². The van der Waals surface area contributed by atoms with Gasteiger partial charge in [-0.05, 0) is 26.7 Å². The van der Waals surface area contributed by atoms with E-state index in [9.17, 15) is 0 Å². The molecule has 2 N–H and O–H groups in total. The first-order valence-corrected chi connectivity index (χ1v) is 7.72. The number of halogens is 1. The van der Waals surface area contributed by atoms with Gasteiger partial charge in [-0.1, -0.05) is 0 Å². The highest BCUT2D eigenvalue weighted by molar-refractivity contribution is 14.0. The van der Waals surface area contributed by atoms with Crippen LogP contribution in [0.5, 0.6) is 0 Å². The zero-order valence-electron chi connectivity index (χ0n) is 13.7. The maximum atomic E-state index is 4.29. The van der Waals surface area contributed by atoms with E-state index in [1.165, 1.54) is 12.8 Å². The molecule has 126 valence electrons. The number of guanidine groups is 1. The van der Waals surface area contributed by atoms with Crippen LogP contribution in [0.15, 0.2) is 17.6 Å². The maximum Gasteiger partial charge on any atom is 0.191 e. The minimum Gasteiger partial charge on any atom is -0.355 e. The molecule has 2 heterocycles. The van der Waals surface area contributed by atoms with Crippen molar-refractivity contribution >= 4 is 29.9 Å². The molecule has 1 aliphatic rings. The summed E-state index contributed by atoms with van der Waals surface area (Å²) < 4.78 is 1.81. The summed E-state index contributed by atoms with van der Waals surface area (Å²) in [5.41, 5.74) is 0. The molecule has 1 aliphatic heterocycles. The molecule has 0 saturated carbocycles. The second-order valence-corrected chi connectivity index (χ2v) is 5.71. The molecule has 1 aromatic rings. The Bertz CT molecular complexity index is 424. The highest BCUT2D eigenvalue weighted by Crippen LogP contribution is 2.12. The van der Waals surface area contributed by atoms with Crippen LogP contribution >= 0.6 is 24.0 Å². The summed E-state index contributed by atoms with van der Waals surface area (Å²) >= 11 is 0.